The largest absolute Gasteiger partial charge is 0.330 e. The number of halogens is 1. The zero-order valence-corrected chi connectivity index (χ0v) is 12.4. The lowest BCUT2D eigenvalue weighted by Gasteiger charge is -2.06. The van der Waals surface area contributed by atoms with E-state index in [-0.39, 0.29) is 5.78 Å². The molecule has 1 heterocycles. The second kappa shape index (κ2) is 6.12. The Hall–Kier alpha value is -1.46. The number of benzene rings is 1. The van der Waals surface area contributed by atoms with Gasteiger partial charge in [-0.05, 0) is 41.4 Å². The third-order valence-electron chi connectivity index (χ3n) is 2.96. The van der Waals surface area contributed by atoms with Crippen molar-refractivity contribution in [2.75, 3.05) is 6.54 Å². The number of aromatic nitrogens is 2. The Morgan fingerprint density at radius 2 is 2.05 bits per heavy atom. The average molecular weight is 322 g/mol. The SMILES string of the molecule is CCn1ncc(Br)c1C(=O)c1ccc(CCN)cc1. The first kappa shape index (κ1) is 14.0. The molecule has 100 valence electrons. The van der Waals surface area contributed by atoms with E-state index in [0.29, 0.717) is 24.3 Å². The highest BCUT2D eigenvalue weighted by Gasteiger charge is 2.17. The van der Waals surface area contributed by atoms with Crippen LogP contribution in [0.15, 0.2) is 34.9 Å². The zero-order valence-electron chi connectivity index (χ0n) is 10.8. The summed E-state index contributed by atoms with van der Waals surface area (Å²) in [5.74, 6) is -0.0227. The van der Waals surface area contributed by atoms with E-state index in [1.807, 2.05) is 31.2 Å². The van der Waals surface area contributed by atoms with Crippen molar-refractivity contribution in [3.05, 3.63) is 51.8 Å². The molecule has 0 amide bonds. The Labute approximate surface area is 120 Å². The second-order valence-electron chi connectivity index (χ2n) is 4.22. The maximum Gasteiger partial charge on any atom is 0.212 e. The Balaban J connectivity index is 2.30. The van der Waals surface area contributed by atoms with E-state index in [1.165, 1.54) is 0 Å². The quantitative estimate of drug-likeness (QED) is 0.860. The summed E-state index contributed by atoms with van der Waals surface area (Å²) < 4.78 is 2.42. The molecule has 2 rings (SSSR count). The molecule has 0 saturated heterocycles. The Bertz CT molecular complexity index is 575. The lowest BCUT2D eigenvalue weighted by Crippen LogP contribution is -2.11. The molecule has 0 spiro atoms. The van der Waals surface area contributed by atoms with Gasteiger partial charge < -0.3 is 5.73 Å². The summed E-state index contributed by atoms with van der Waals surface area (Å²) in [4.78, 5) is 12.5. The fourth-order valence-electron chi connectivity index (χ4n) is 1.95. The average Bonchev–Trinajstić information content (AvgIpc) is 2.80. The first-order valence-corrected chi connectivity index (χ1v) is 7.01. The molecule has 0 aliphatic rings. The fraction of sp³-hybridized carbons (Fsp3) is 0.286. The molecule has 0 fully saturated rings. The van der Waals surface area contributed by atoms with Crippen molar-refractivity contribution < 1.29 is 4.79 Å². The minimum absolute atomic E-state index is 0.0227. The molecule has 2 N–H and O–H groups in total. The van der Waals surface area contributed by atoms with Gasteiger partial charge in [-0.25, -0.2) is 0 Å². The highest BCUT2D eigenvalue weighted by molar-refractivity contribution is 9.10. The summed E-state index contributed by atoms with van der Waals surface area (Å²) in [6.07, 6.45) is 2.48. The molecule has 2 aromatic rings. The van der Waals surface area contributed by atoms with Gasteiger partial charge in [-0.1, -0.05) is 24.3 Å². The van der Waals surface area contributed by atoms with Gasteiger partial charge in [-0.3, -0.25) is 9.48 Å². The van der Waals surface area contributed by atoms with Gasteiger partial charge in [0.2, 0.25) is 5.78 Å². The van der Waals surface area contributed by atoms with Crippen molar-refractivity contribution in [2.45, 2.75) is 19.9 Å². The minimum Gasteiger partial charge on any atom is -0.330 e. The molecule has 0 atom stereocenters. The third kappa shape index (κ3) is 2.93. The van der Waals surface area contributed by atoms with Crippen molar-refractivity contribution in [3.63, 3.8) is 0 Å². The van der Waals surface area contributed by atoms with Crippen LogP contribution in [0.1, 0.15) is 28.5 Å². The van der Waals surface area contributed by atoms with Crippen LogP contribution in [0.25, 0.3) is 0 Å². The predicted octanol–water partition coefficient (Wildman–Crippen LogP) is 2.40. The monoisotopic (exact) mass is 321 g/mol. The molecular weight excluding hydrogens is 306 g/mol. The van der Waals surface area contributed by atoms with Crippen molar-refractivity contribution in [3.8, 4) is 0 Å². The lowest BCUT2D eigenvalue weighted by atomic mass is 10.0. The van der Waals surface area contributed by atoms with Crippen molar-refractivity contribution in [1.82, 2.24) is 9.78 Å². The Morgan fingerprint density at radius 1 is 1.37 bits per heavy atom. The van der Waals surface area contributed by atoms with Crippen LogP contribution in [-0.2, 0) is 13.0 Å². The van der Waals surface area contributed by atoms with Gasteiger partial charge >= 0.3 is 0 Å². The van der Waals surface area contributed by atoms with Crippen LogP contribution in [0.2, 0.25) is 0 Å². The fourth-order valence-corrected chi connectivity index (χ4v) is 2.43. The van der Waals surface area contributed by atoms with Crippen LogP contribution in [0.3, 0.4) is 0 Å². The van der Waals surface area contributed by atoms with E-state index >= 15 is 0 Å². The normalized spacial score (nSPS) is 10.7. The van der Waals surface area contributed by atoms with E-state index in [9.17, 15) is 4.79 Å². The molecule has 19 heavy (non-hydrogen) atoms. The summed E-state index contributed by atoms with van der Waals surface area (Å²) in [6.45, 7) is 3.24. The van der Waals surface area contributed by atoms with Crippen LogP contribution in [0, 0.1) is 0 Å². The summed E-state index contributed by atoms with van der Waals surface area (Å²) in [6, 6.07) is 7.57. The highest BCUT2D eigenvalue weighted by atomic mass is 79.9. The zero-order chi connectivity index (χ0) is 13.8. The highest BCUT2D eigenvalue weighted by Crippen LogP contribution is 2.20. The number of carbonyl (C=O) groups excluding carboxylic acids is 1. The van der Waals surface area contributed by atoms with E-state index in [4.69, 9.17) is 5.73 Å². The number of ketones is 1. The van der Waals surface area contributed by atoms with Gasteiger partial charge in [0.25, 0.3) is 0 Å². The van der Waals surface area contributed by atoms with E-state index in [0.717, 1.165) is 16.5 Å². The number of hydrogen-bond acceptors (Lipinski definition) is 3. The molecule has 0 radical (unpaired) electrons. The van der Waals surface area contributed by atoms with Crippen molar-refractivity contribution >= 4 is 21.7 Å². The number of rotatable bonds is 5. The Kier molecular flexibility index (Phi) is 4.50. The number of nitrogens with zero attached hydrogens (tertiary/aromatic N) is 2. The van der Waals surface area contributed by atoms with E-state index < -0.39 is 0 Å². The molecule has 4 nitrogen and oxygen atoms in total. The summed E-state index contributed by atoms with van der Waals surface area (Å²) in [7, 11) is 0. The minimum atomic E-state index is -0.0227. The van der Waals surface area contributed by atoms with Gasteiger partial charge in [-0.15, -0.1) is 0 Å². The van der Waals surface area contributed by atoms with E-state index in [2.05, 4.69) is 21.0 Å². The maximum atomic E-state index is 12.5. The van der Waals surface area contributed by atoms with Gasteiger partial charge in [0, 0.05) is 12.1 Å². The van der Waals surface area contributed by atoms with Gasteiger partial charge in [0.1, 0.15) is 5.69 Å². The number of aryl methyl sites for hydroxylation is 1. The molecule has 1 aromatic heterocycles. The number of carbonyl (C=O) groups is 1. The number of nitrogens with two attached hydrogens (primary N) is 1. The van der Waals surface area contributed by atoms with Gasteiger partial charge in [0.05, 0.1) is 10.7 Å². The Morgan fingerprint density at radius 3 is 2.63 bits per heavy atom. The topological polar surface area (TPSA) is 60.9 Å². The maximum absolute atomic E-state index is 12.5. The summed E-state index contributed by atoms with van der Waals surface area (Å²) in [5, 5.41) is 4.16. The third-order valence-corrected chi connectivity index (χ3v) is 3.54. The molecule has 5 heteroatoms. The molecular formula is C14H16BrN3O. The summed E-state index contributed by atoms with van der Waals surface area (Å²) >= 11 is 3.37. The first-order chi connectivity index (χ1) is 9.17. The van der Waals surface area contributed by atoms with E-state index in [1.54, 1.807) is 10.9 Å². The number of hydrogen-bond donors (Lipinski definition) is 1. The molecule has 0 aliphatic heterocycles. The first-order valence-electron chi connectivity index (χ1n) is 6.22. The smallest absolute Gasteiger partial charge is 0.212 e. The molecule has 0 bridgehead atoms. The van der Waals surface area contributed by atoms with Gasteiger partial charge in [-0.2, -0.15) is 5.10 Å². The molecule has 0 saturated carbocycles. The van der Waals surface area contributed by atoms with Crippen LogP contribution < -0.4 is 5.73 Å². The summed E-state index contributed by atoms with van der Waals surface area (Å²) in [5.41, 5.74) is 7.90. The molecule has 0 aliphatic carbocycles. The second-order valence-corrected chi connectivity index (χ2v) is 5.08. The van der Waals surface area contributed by atoms with Crippen molar-refractivity contribution in [2.24, 2.45) is 5.73 Å². The van der Waals surface area contributed by atoms with Gasteiger partial charge in [0.15, 0.2) is 0 Å². The van der Waals surface area contributed by atoms with Crippen LogP contribution in [-0.4, -0.2) is 22.1 Å². The van der Waals surface area contributed by atoms with Crippen molar-refractivity contribution in [1.29, 1.82) is 0 Å². The van der Waals surface area contributed by atoms with Crippen LogP contribution >= 0.6 is 15.9 Å². The molecule has 1 aromatic carbocycles. The standard InChI is InChI=1S/C14H16BrN3O/c1-2-18-13(12(15)9-17-18)14(19)11-5-3-10(4-6-11)7-8-16/h3-6,9H,2,7-8,16H2,1H3. The predicted molar refractivity (Wildman–Crippen MR) is 78.2 cm³/mol. The van der Waals surface area contributed by atoms with Crippen LogP contribution in [0.4, 0.5) is 0 Å². The lowest BCUT2D eigenvalue weighted by molar-refractivity contribution is 0.102. The molecule has 0 unspecified atom stereocenters. The van der Waals surface area contributed by atoms with Crippen LogP contribution in [0.5, 0.6) is 0 Å².